The van der Waals surface area contributed by atoms with Gasteiger partial charge >= 0.3 is 6.09 Å². The minimum Gasteiger partial charge on any atom is -0.447 e. The maximum absolute atomic E-state index is 13.8. The van der Waals surface area contributed by atoms with E-state index in [0.717, 1.165) is 31.1 Å². The Kier molecular flexibility index (Phi) is 9.81. The first-order valence-electron chi connectivity index (χ1n) is 14.1. The van der Waals surface area contributed by atoms with Gasteiger partial charge in [-0.05, 0) is 63.7 Å². The highest BCUT2D eigenvalue weighted by atomic mass is 16.6. The van der Waals surface area contributed by atoms with Gasteiger partial charge in [-0.1, -0.05) is 19.8 Å². The number of carbonyl (C=O) groups excluding carboxylic acids is 3. The fraction of sp³-hybridized carbons (Fsp3) is 0.852. The predicted octanol–water partition coefficient (Wildman–Crippen LogP) is 2.50. The van der Waals surface area contributed by atoms with Crippen molar-refractivity contribution in [2.75, 3.05) is 39.5 Å². The topological polar surface area (TPSA) is 119 Å². The van der Waals surface area contributed by atoms with Crippen molar-refractivity contribution in [3.63, 3.8) is 0 Å². The molecule has 208 valence electrons. The summed E-state index contributed by atoms with van der Waals surface area (Å²) >= 11 is 0. The summed E-state index contributed by atoms with van der Waals surface area (Å²) < 4.78 is 16.2. The number of amides is 2. The van der Waals surface area contributed by atoms with Crippen LogP contribution in [0.25, 0.3) is 0 Å². The molecular weight excluding hydrogens is 476 g/mol. The van der Waals surface area contributed by atoms with Gasteiger partial charge in [0.15, 0.2) is 5.78 Å². The average Bonchev–Trinajstić information content (AvgIpc) is 3.21. The third-order valence-corrected chi connectivity index (χ3v) is 8.20. The minimum absolute atomic E-state index is 0.0169. The van der Waals surface area contributed by atoms with Crippen molar-refractivity contribution in [3.8, 4) is 0 Å². The van der Waals surface area contributed by atoms with Crippen molar-refractivity contribution >= 4 is 23.7 Å². The van der Waals surface area contributed by atoms with E-state index in [0.29, 0.717) is 51.2 Å². The molecule has 2 saturated heterocycles. The summed E-state index contributed by atoms with van der Waals surface area (Å²) in [6, 6.07) is -1.29. The van der Waals surface area contributed by atoms with Gasteiger partial charge in [0.1, 0.15) is 12.6 Å². The summed E-state index contributed by atoms with van der Waals surface area (Å²) in [4.78, 5) is 45.8. The quantitative estimate of drug-likeness (QED) is 0.391. The molecule has 4 rings (SSSR count). The summed E-state index contributed by atoms with van der Waals surface area (Å²) in [7, 11) is 0. The summed E-state index contributed by atoms with van der Waals surface area (Å²) in [5.41, 5.74) is 0. The van der Waals surface area contributed by atoms with Gasteiger partial charge in [0.05, 0.1) is 32.0 Å². The molecule has 2 heterocycles. The van der Waals surface area contributed by atoms with Crippen LogP contribution in [0.3, 0.4) is 0 Å². The van der Waals surface area contributed by atoms with Crippen LogP contribution in [0.5, 0.6) is 0 Å². The van der Waals surface area contributed by atoms with Crippen molar-refractivity contribution in [3.05, 3.63) is 0 Å². The number of rotatable bonds is 7. The van der Waals surface area contributed by atoms with E-state index in [1.165, 1.54) is 19.3 Å². The van der Waals surface area contributed by atoms with E-state index in [1.807, 2.05) is 11.8 Å². The van der Waals surface area contributed by atoms with Gasteiger partial charge in [-0.25, -0.2) is 9.79 Å². The highest BCUT2D eigenvalue weighted by Crippen LogP contribution is 2.46. The van der Waals surface area contributed by atoms with Crippen LogP contribution < -0.4 is 10.6 Å². The van der Waals surface area contributed by atoms with Gasteiger partial charge < -0.3 is 24.4 Å². The molecule has 2 amide bonds. The van der Waals surface area contributed by atoms with Gasteiger partial charge in [0, 0.05) is 19.0 Å². The Morgan fingerprint density at radius 2 is 1.81 bits per heavy atom. The van der Waals surface area contributed by atoms with E-state index < -0.39 is 18.2 Å². The zero-order valence-electron chi connectivity index (χ0n) is 22.6. The Bertz CT molecular complexity index is 831. The molecule has 10 nitrogen and oxygen atoms in total. The summed E-state index contributed by atoms with van der Waals surface area (Å²) in [6.07, 6.45) is 6.52. The smallest absolute Gasteiger partial charge is 0.414 e. The van der Waals surface area contributed by atoms with E-state index in [-0.39, 0.29) is 30.3 Å². The van der Waals surface area contributed by atoms with Crippen LogP contribution in [-0.2, 0) is 23.8 Å². The summed E-state index contributed by atoms with van der Waals surface area (Å²) in [6.45, 7) is 8.17. The number of fused-ring (bicyclic) bond motifs is 2. The fourth-order valence-electron chi connectivity index (χ4n) is 6.38. The molecule has 0 aromatic rings. The molecule has 0 spiro atoms. The molecular formula is C27H44N4O6. The van der Waals surface area contributed by atoms with Crippen molar-refractivity contribution < 1.29 is 28.6 Å². The minimum atomic E-state index is -0.715. The van der Waals surface area contributed by atoms with Crippen molar-refractivity contribution in [1.82, 2.24) is 15.5 Å². The fourth-order valence-corrected chi connectivity index (χ4v) is 6.38. The molecule has 2 aliphatic carbocycles. The molecule has 5 unspecified atom stereocenters. The number of morpholine rings is 1. The van der Waals surface area contributed by atoms with Gasteiger partial charge in [-0.3, -0.25) is 14.9 Å². The van der Waals surface area contributed by atoms with Gasteiger partial charge in [0.2, 0.25) is 11.9 Å². The third kappa shape index (κ3) is 7.66. The number of hydrogen-bond donors (Lipinski definition) is 2. The molecule has 0 radical (unpaired) electrons. The van der Waals surface area contributed by atoms with Crippen molar-refractivity contribution in [2.45, 2.75) is 83.9 Å². The number of alkyl carbamates (subject to hydrolysis) is 1. The standard InChI is InChI=1S/C27H44N4O6/c1-4-21-15-36-16-23(32)24(21)29-25(33)22(14-20-12-18-5-6-19(11-18)13-20)28-26(30-27(34)37-17(2)3)31-7-9-35-10-8-31/h17-22,24H,4-16H2,1-3H3,(H,29,33)(H,28,30,34). The van der Waals surface area contributed by atoms with Crippen molar-refractivity contribution in [2.24, 2.45) is 28.7 Å². The molecule has 5 atom stereocenters. The summed E-state index contributed by atoms with van der Waals surface area (Å²) in [5.74, 6) is 1.77. The van der Waals surface area contributed by atoms with Crippen LogP contribution in [0.4, 0.5) is 4.79 Å². The zero-order chi connectivity index (χ0) is 26.4. The number of ketones is 1. The third-order valence-electron chi connectivity index (χ3n) is 8.20. The first kappa shape index (κ1) is 27.8. The van der Waals surface area contributed by atoms with Crippen LogP contribution in [0.2, 0.25) is 0 Å². The molecule has 4 fully saturated rings. The molecule has 0 aromatic heterocycles. The molecule has 4 aliphatic rings. The lowest BCUT2D eigenvalue weighted by Crippen LogP contribution is -2.55. The van der Waals surface area contributed by atoms with Crippen LogP contribution in [0, 0.1) is 23.7 Å². The van der Waals surface area contributed by atoms with Gasteiger partial charge in [-0.15, -0.1) is 0 Å². The SMILES string of the molecule is CCC1COCC(=O)C1NC(=O)C(CC1CC2CCC(C2)C1)N=C(NC(=O)OC(C)C)N1CCOCC1. The highest BCUT2D eigenvalue weighted by Gasteiger charge is 2.38. The van der Waals surface area contributed by atoms with E-state index in [1.54, 1.807) is 13.8 Å². The van der Waals surface area contributed by atoms with Crippen LogP contribution >= 0.6 is 0 Å². The number of nitrogens with one attached hydrogen (secondary N) is 2. The van der Waals surface area contributed by atoms with E-state index in [4.69, 9.17) is 19.2 Å². The van der Waals surface area contributed by atoms with E-state index in [9.17, 15) is 14.4 Å². The van der Waals surface area contributed by atoms with Crippen molar-refractivity contribution in [1.29, 1.82) is 0 Å². The number of ether oxygens (including phenoxy) is 3. The zero-order valence-corrected chi connectivity index (χ0v) is 22.6. The van der Waals surface area contributed by atoms with Gasteiger partial charge in [0.25, 0.3) is 0 Å². The van der Waals surface area contributed by atoms with E-state index in [2.05, 4.69) is 10.6 Å². The number of carbonyl (C=O) groups is 3. The monoisotopic (exact) mass is 520 g/mol. The van der Waals surface area contributed by atoms with Gasteiger partial charge in [-0.2, -0.15) is 0 Å². The number of aliphatic imine (C=N–C) groups is 1. The normalized spacial score (nSPS) is 31.2. The lowest BCUT2D eigenvalue weighted by atomic mass is 9.78. The largest absolute Gasteiger partial charge is 0.447 e. The predicted molar refractivity (Wildman–Crippen MR) is 138 cm³/mol. The molecule has 37 heavy (non-hydrogen) atoms. The van der Waals surface area contributed by atoms with Crippen LogP contribution in [-0.4, -0.2) is 86.3 Å². The Morgan fingerprint density at radius 3 is 2.46 bits per heavy atom. The maximum Gasteiger partial charge on any atom is 0.414 e. The molecule has 2 saturated carbocycles. The van der Waals surface area contributed by atoms with Crippen LogP contribution in [0.15, 0.2) is 4.99 Å². The Hall–Kier alpha value is -2.20. The summed E-state index contributed by atoms with van der Waals surface area (Å²) in [5, 5.41) is 5.82. The van der Waals surface area contributed by atoms with Crippen LogP contribution in [0.1, 0.15) is 65.7 Å². The number of Topliss-reactive ketones (excluding diaryl/α,β-unsaturated/α-hetero) is 1. The Balaban J connectivity index is 1.57. The Labute approximate surface area is 220 Å². The Morgan fingerprint density at radius 1 is 1.11 bits per heavy atom. The molecule has 2 N–H and O–H groups in total. The second-order valence-corrected chi connectivity index (χ2v) is 11.4. The first-order valence-corrected chi connectivity index (χ1v) is 14.1. The number of nitrogens with zero attached hydrogens (tertiary/aromatic N) is 2. The number of hydrogen-bond acceptors (Lipinski definition) is 7. The number of guanidine groups is 1. The molecule has 10 heteroatoms. The lowest BCUT2D eigenvalue weighted by Gasteiger charge is -2.34. The second-order valence-electron chi connectivity index (χ2n) is 11.4. The molecule has 2 aliphatic heterocycles. The molecule has 2 bridgehead atoms. The van der Waals surface area contributed by atoms with E-state index >= 15 is 0 Å². The molecule has 0 aromatic carbocycles. The maximum atomic E-state index is 13.8. The first-order chi connectivity index (χ1) is 17.8. The second kappa shape index (κ2) is 13.0. The lowest BCUT2D eigenvalue weighted by molar-refractivity contribution is -0.138. The highest BCUT2D eigenvalue weighted by molar-refractivity contribution is 5.97. The average molecular weight is 521 g/mol.